The molecule has 1 aromatic carbocycles. The van der Waals surface area contributed by atoms with E-state index in [0.717, 1.165) is 35.4 Å². The molecule has 2 aromatic rings. The Hall–Kier alpha value is -3.07. The highest BCUT2D eigenvalue weighted by Gasteiger charge is 2.33. The molecule has 1 aromatic heterocycles. The van der Waals surface area contributed by atoms with Crippen LogP contribution in [-0.2, 0) is 16.0 Å². The summed E-state index contributed by atoms with van der Waals surface area (Å²) in [6.07, 6.45) is 2.79. The highest BCUT2D eigenvalue weighted by atomic mass is 16.5. The molecule has 6 heteroatoms. The molecule has 0 spiro atoms. The van der Waals surface area contributed by atoms with Gasteiger partial charge in [-0.3, -0.25) is 9.59 Å². The van der Waals surface area contributed by atoms with Crippen LogP contribution in [0.15, 0.2) is 24.3 Å². The lowest BCUT2D eigenvalue weighted by atomic mass is 9.97. The fourth-order valence-corrected chi connectivity index (χ4v) is 3.49. The Balaban J connectivity index is 2.18. The van der Waals surface area contributed by atoms with E-state index < -0.39 is 5.91 Å². The van der Waals surface area contributed by atoms with E-state index in [4.69, 9.17) is 15.7 Å². The summed E-state index contributed by atoms with van der Waals surface area (Å²) in [5.74, 6) is -0.779. The first-order valence-corrected chi connectivity index (χ1v) is 8.58. The van der Waals surface area contributed by atoms with Crippen LogP contribution in [0.4, 0.5) is 0 Å². The van der Waals surface area contributed by atoms with Crippen molar-refractivity contribution < 1.29 is 14.3 Å². The fraction of sp³-hybridized carbons (Fsp3) is 0.350. The van der Waals surface area contributed by atoms with Gasteiger partial charge >= 0.3 is 5.97 Å². The summed E-state index contributed by atoms with van der Waals surface area (Å²) in [5, 5.41) is 9.02. The van der Waals surface area contributed by atoms with Gasteiger partial charge in [-0.15, -0.1) is 0 Å². The van der Waals surface area contributed by atoms with Crippen LogP contribution in [0.25, 0.3) is 11.1 Å². The number of rotatable bonds is 6. The van der Waals surface area contributed by atoms with E-state index in [1.807, 2.05) is 19.1 Å². The lowest BCUT2D eigenvalue weighted by Gasteiger charge is -2.12. The van der Waals surface area contributed by atoms with Crippen molar-refractivity contribution in [1.82, 2.24) is 4.57 Å². The molecular formula is C20H21N3O3. The maximum Gasteiger partial charge on any atom is 0.305 e. The maximum absolute atomic E-state index is 12.2. The van der Waals surface area contributed by atoms with Crippen LogP contribution in [0.5, 0.6) is 0 Å². The number of hydrogen-bond acceptors (Lipinski definition) is 4. The average Bonchev–Trinajstić information content (AvgIpc) is 3.43. The number of nitrogens with two attached hydrogens (primary N) is 1. The van der Waals surface area contributed by atoms with Gasteiger partial charge < -0.3 is 15.0 Å². The molecule has 1 fully saturated rings. The summed E-state index contributed by atoms with van der Waals surface area (Å²) < 4.78 is 6.92. The molecule has 0 atom stereocenters. The van der Waals surface area contributed by atoms with Crippen LogP contribution in [0.1, 0.15) is 52.6 Å². The van der Waals surface area contributed by atoms with Gasteiger partial charge in [0, 0.05) is 23.0 Å². The SMILES string of the molecule is COC(=O)CCc1c(-c2ccc(C#N)cc2)c(C(N)=O)c(C)n1C1CC1. The van der Waals surface area contributed by atoms with Gasteiger partial charge in [0.2, 0.25) is 0 Å². The zero-order valence-electron chi connectivity index (χ0n) is 14.9. The smallest absolute Gasteiger partial charge is 0.305 e. The highest BCUT2D eigenvalue weighted by molar-refractivity contribution is 6.02. The van der Waals surface area contributed by atoms with Crippen LogP contribution < -0.4 is 5.73 Å². The topological polar surface area (TPSA) is 98.1 Å². The third-order valence-corrected chi connectivity index (χ3v) is 4.81. The van der Waals surface area contributed by atoms with Crippen molar-refractivity contribution in [3.63, 3.8) is 0 Å². The Morgan fingerprint density at radius 2 is 1.96 bits per heavy atom. The van der Waals surface area contributed by atoms with Crippen molar-refractivity contribution in [2.45, 2.75) is 38.6 Å². The zero-order chi connectivity index (χ0) is 18.8. The molecule has 0 bridgehead atoms. The normalized spacial score (nSPS) is 13.3. The Labute approximate surface area is 152 Å². The Kier molecular flexibility index (Phi) is 4.81. The molecule has 1 saturated carbocycles. The van der Waals surface area contributed by atoms with Crippen LogP contribution in [0.2, 0.25) is 0 Å². The summed E-state index contributed by atoms with van der Waals surface area (Å²) >= 11 is 0. The molecule has 0 aliphatic heterocycles. The van der Waals surface area contributed by atoms with Crippen LogP contribution in [-0.4, -0.2) is 23.6 Å². The lowest BCUT2D eigenvalue weighted by molar-refractivity contribution is -0.140. The van der Waals surface area contributed by atoms with Gasteiger partial charge in [-0.25, -0.2) is 0 Å². The molecule has 3 rings (SSSR count). The molecular weight excluding hydrogens is 330 g/mol. The fourth-order valence-electron chi connectivity index (χ4n) is 3.49. The van der Waals surface area contributed by atoms with Gasteiger partial charge in [0.25, 0.3) is 5.91 Å². The Morgan fingerprint density at radius 3 is 2.46 bits per heavy atom. The minimum absolute atomic E-state index is 0.230. The van der Waals surface area contributed by atoms with Gasteiger partial charge in [-0.1, -0.05) is 12.1 Å². The number of primary amides is 1. The molecule has 1 heterocycles. The van der Waals surface area contributed by atoms with Gasteiger partial charge in [0.1, 0.15) is 0 Å². The number of aromatic nitrogens is 1. The zero-order valence-corrected chi connectivity index (χ0v) is 14.9. The number of nitriles is 1. The van der Waals surface area contributed by atoms with E-state index in [1.165, 1.54) is 7.11 Å². The summed E-state index contributed by atoms with van der Waals surface area (Å²) in [4.78, 5) is 23.9. The first kappa shape index (κ1) is 17.7. The number of esters is 1. The standard InChI is InChI=1S/C20H21N3O3/c1-12-18(20(22)25)19(14-5-3-13(11-21)4-6-14)16(9-10-17(24)26-2)23(12)15-7-8-15/h3-6,15H,7-10H2,1-2H3,(H2,22,25). The van der Waals surface area contributed by atoms with E-state index >= 15 is 0 Å². The van der Waals surface area contributed by atoms with E-state index in [2.05, 4.69) is 10.6 Å². The van der Waals surface area contributed by atoms with Crippen molar-refractivity contribution in [3.8, 4) is 17.2 Å². The molecule has 134 valence electrons. The number of carbonyl (C=O) groups is 2. The van der Waals surface area contributed by atoms with E-state index in [0.29, 0.717) is 23.6 Å². The minimum atomic E-state index is -0.486. The molecule has 1 aliphatic rings. The number of nitrogens with zero attached hydrogens (tertiary/aromatic N) is 2. The number of benzene rings is 1. The molecule has 1 aliphatic carbocycles. The van der Waals surface area contributed by atoms with Crippen molar-refractivity contribution in [2.75, 3.05) is 7.11 Å². The molecule has 26 heavy (non-hydrogen) atoms. The number of methoxy groups -OCH3 is 1. The predicted molar refractivity (Wildman–Crippen MR) is 96.4 cm³/mol. The second kappa shape index (κ2) is 7.04. The minimum Gasteiger partial charge on any atom is -0.469 e. The van der Waals surface area contributed by atoms with Crippen LogP contribution >= 0.6 is 0 Å². The summed E-state index contributed by atoms with van der Waals surface area (Å²) in [6.45, 7) is 1.90. The first-order chi connectivity index (χ1) is 12.5. The summed E-state index contributed by atoms with van der Waals surface area (Å²) in [7, 11) is 1.36. The molecule has 6 nitrogen and oxygen atoms in total. The number of amides is 1. The van der Waals surface area contributed by atoms with Crippen molar-refractivity contribution in [1.29, 1.82) is 5.26 Å². The van der Waals surface area contributed by atoms with Crippen molar-refractivity contribution in [2.24, 2.45) is 5.73 Å². The Morgan fingerprint density at radius 1 is 1.31 bits per heavy atom. The molecule has 0 unspecified atom stereocenters. The van der Waals surface area contributed by atoms with Crippen molar-refractivity contribution >= 4 is 11.9 Å². The predicted octanol–water partition coefficient (Wildman–Crippen LogP) is 2.87. The van der Waals surface area contributed by atoms with Gasteiger partial charge in [0.15, 0.2) is 0 Å². The number of ether oxygens (including phenoxy) is 1. The maximum atomic E-state index is 12.2. The molecule has 0 radical (unpaired) electrons. The van der Waals surface area contributed by atoms with Crippen LogP contribution in [0.3, 0.4) is 0 Å². The lowest BCUT2D eigenvalue weighted by Crippen LogP contribution is -2.13. The number of carbonyl (C=O) groups excluding carboxylic acids is 2. The monoisotopic (exact) mass is 351 g/mol. The third kappa shape index (κ3) is 3.21. The average molecular weight is 351 g/mol. The van der Waals surface area contributed by atoms with Gasteiger partial charge in [0.05, 0.1) is 30.7 Å². The third-order valence-electron chi connectivity index (χ3n) is 4.81. The Bertz CT molecular complexity index is 900. The highest BCUT2D eigenvalue weighted by Crippen LogP contribution is 2.43. The molecule has 1 amide bonds. The van der Waals surface area contributed by atoms with Gasteiger partial charge in [-0.05, 0) is 43.9 Å². The van der Waals surface area contributed by atoms with E-state index in [1.54, 1.807) is 12.1 Å². The number of hydrogen-bond donors (Lipinski definition) is 1. The quantitative estimate of drug-likeness (QED) is 0.809. The second-order valence-electron chi connectivity index (χ2n) is 6.51. The van der Waals surface area contributed by atoms with Crippen LogP contribution in [0, 0.1) is 18.3 Å². The largest absolute Gasteiger partial charge is 0.469 e. The first-order valence-electron chi connectivity index (χ1n) is 8.58. The summed E-state index contributed by atoms with van der Waals surface area (Å²) in [6, 6.07) is 9.50. The van der Waals surface area contributed by atoms with E-state index in [9.17, 15) is 9.59 Å². The van der Waals surface area contributed by atoms with Gasteiger partial charge in [-0.2, -0.15) is 5.26 Å². The van der Waals surface area contributed by atoms with E-state index in [-0.39, 0.29) is 12.4 Å². The summed E-state index contributed by atoms with van der Waals surface area (Å²) in [5.41, 5.74) is 10.1. The van der Waals surface area contributed by atoms with Crippen molar-refractivity contribution in [3.05, 3.63) is 46.8 Å². The second-order valence-corrected chi connectivity index (χ2v) is 6.51. The molecule has 0 saturated heterocycles. The molecule has 2 N–H and O–H groups in total.